The van der Waals surface area contributed by atoms with Crippen molar-refractivity contribution < 1.29 is 4.79 Å². The summed E-state index contributed by atoms with van der Waals surface area (Å²) in [6, 6.07) is 19.5. The van der Waals surface area contributed by atoms with Crippen molar-refractivity contribution in [3.05, 3.63) is 88.7 Å². The zero-order valence-electron chi connectivity index (χ0n) is 18.8. The average molecular weight is 417 g/mol. The van der Waals surface area contributed by atoms with Crippen molar-refractivity contribution in [2.75, 3.05) is 26.2 Å². The Labute approximate surface area is 185 Å². The second-order valence-electron chi connectivity index (χ2n) is 8.44. The van der Waals surface area contributed by atoms with E-state index in [1.165, 1.54) is 22.3 Å². The standard InChI is InChI=1S/C26H32N4O/c1-4-14-30-24(12-13-27-30)26(31)29-17-15-28(16-18-29)25(22-8-6-5-7-9-22)23-19-20(2)10-11-21(23)3/h5-13,19,25H,4,14-18H2,1-3H3. The maximum atomic E-state index is 13.1. The maximum Gasteiger partial charge on any atom is 0.272 e. The van der Waals surface area contributed by atoms with Crippen molar-refractivity contribution in [3.63, 3.8) is 0 Å². The van der Waals surface area contributed by atoms with Gasteiger partial charge < -0.3 is 4.90 Å². The Balaban J connectivity index is 1.55. The molecule has 0 N–H and O–H groups in total. The summed E-state index contributed by atoms with van der Waals surface area (Å²) in [5.41, 5.74) is 5.94. The van der Waals surface area contributed by atoms with Crippen molar-refractivity contribution in [2.24, 2.45) is 0 Å². The summed E-state index contributed by atoms with van der Waals surface area (Å²) in [5.74, 6) is 0.0913. The molecule has 4 rings (SSSR count). The fraction of sp³-hybridized carbons (Fsp3) is 0.385. The average Bonchev–Trinajstić information content (AvgIpc) is 3.26. The third-order valence-electron chi connectivity index (χ3n) is 6.18. The number of hydrogen-bond donors (Lipinski definition) is 0. The molecule has 5 heteroatoms. The van der Waals surface area contributed by atoms with Gasteiger partial charge in [-0.25, -0.2) is 0 Å². The highest BCUT2D eigenvalue weighted by atomic mass is 16.2. The summed E-state index contributed by atoms with van der Waals surface area (Å²) in [7, 11) is 0. The monoisotopic (exact) mass is 416 g/mol. The molecule has 0 spiro atoms. The minimum Gasteiger partial charge on any atom is -0.335 e. The van der Waals surface area contributed by atoms with Crippen LogP contribution in [0.5, 0.6) is 0 Å². The van der Waals surface area contributed by atoms with E-state index in [-0.39, 0.29) is 11.9 Å². The van der Waals surface area contributed by atoms with E-state index in [1.54, 1.807) is 6.20 Å². The number of benzene rings is 2. The van der Waals surface area contributed by atoms with E-state index in [4.69, 9.17) is 0 Å². The van der Waals surface area contributed by atoms with Crippen LogP contribution >= 0.6 is 0 Å². The normalized spacial score (nSPS) is 15.8. The summed E-state index contributed by atoms with van der Waals surface area (Å²) in [6.45, 7) is 10.4. The van der Waals surface area contributed by atoms with Gasteiger partial charge >= 0.3 is 0 Å². The Morgan fingerprint density at radius 2 is 1.74 bits per heavy atom. The highest BCUT2D eigenvalue weighted by Gasteiger charge is 2.30. The van der Waals surface area contributed by atoms with E-state index < -0.39 is 0 Å². The van der Waals surface area contributed by atoms with Crippen LogP contribution < -0.4 is 0 Å². The van der Waals surface area contributed by atoms with Gasteiger partial charge in [0.25, 0.3) is 5.91 Å². The van der Waals surface area contributed by atoms with Gasteiger partial charge in [-0.3, -0.25) is 14.4 Å². The van der Waals surface area contributed by atoms with Crippen LogP contribution in [-0.2, 0) is 6.54 Å². The van der Waals surface area contributed by atoms with Crippen LogP contribution in [0.1, 0.15) is 52.1 Å². The van der Waals surface area contributed by atoms with Gasteiger partial charge in [-0.05, 0) is 43.0 Å². The highest BCUT2D eigenvalue weighted by Crippen LogP contribution is 2.32. The van der Waals surface area contributed by atoms with E-state index in [9.17, 15) is 4.79 Å². The molecule has 1 atom stereocenters. The first-order valence-electron chi connectivity index (χ1n) is 11.3. The van der Waals surface area contributed by atoms with Gasteiger partial charge in [0.2, 0.25) is 0 Å². The lowest BCUT2D eigenvalue weighted by molar-refractivity contribution is 0.0585. The van der Waals surface area contributed by atoms with Crippen molar-refractivity contribution >= 4 is 5.91 Å². The minimum absolute atomic E-state index is 0.0913. The van der Waals surface area contributed by atoms with Crippen molar-refractivity contribution in [3.8, 4) is 0 Å². The van der Waals surface area contributed by atoms with Crippen LogP contribution in [0.15, 0.2) is 60.8 Å². The lowest BCUT2D eigenvalue weighted by Crippen LogP contribution is -2.50. The Hall–Kier alpha value is -2.92. The zero-order valence-corrected chi connectivity index (χ0v) is 18.8. The molecule has 0 bridgehead atoms. The fourth-order valence-electron chi connectivity index (χ4n) is 4.53. The van der Waals surface area contributed by atoms with E-state index >= 15 is 0 Å². The van der Waals surface area contributed by atoms with Gasteiger partial charge in [0.05, 0.1) is 6.04 Å². The molecule has 0 radical (unpaired) electrons. The largest absolute Gasteiger partial charge is 0.335 e. The number of piperazine rings is 1. The molecule has 0 saturated carbocycles. The lowest BCUT2D eigenvalue weighted by Gasteiger charge is -2.40. The summed E-state index contributed by atoms with van der Waals surface area (Å²) in [4.78, 5) is 17.6. The highest BCUT2D eigenvalue weighted by molar-refractivity contribution is 5.92. The third-order valence-corrected chi connectivity index (χ3v) is 6.18. The van der Waals surface area contributed by atoms with E-state index in [0.29, 0.717) is 5.69 Å². The van der Waals surface area contributed by atoms with E-state index in [2.05, 4.69) is 79.3 Å². The Bertz CT molecular complexity index is 1020. The number of amides is 1. The van der Waals surface area contributed by atoms with Crippen molar-refractivity contribution in [2.45, 2.75) is 39.8 Å². The van der Waals surface area contributed by atoms with Gasteiger partial charge in [-0.2, -0.15) is 5.10 Å². The molecular formula is C26H32N4O. The number of aromatic nitrogens is 2. The SMILES string of the molecule is CCCn1nccc1C(=O)N1CCN(C(c2ccccc2)c2cc(C)ccc2C)CC1. The van der Waals surface area contributed by atoms with Gasteiger partial charge in [0.1, 0.15) is 5.69 Å². The van der Waals surface area contributed by atoms with Crippen LogP contribution in [0, 0.1) is 13.8 Å². The third kappa shape index (κ3) is 4.57. The topological polar surface area (TPSA) is 41.4 Å². The summed E-state index contributed by atoms with van der Waals surface area (Å²) < 4.78 is 1.83. The van der Waals surface area contributed by atoms with Crippen LogP contribution in [-0.4, -0.2) is 51.7 Å². The molecule has 1 aliphatic heterocycles. The first-order valence-corrected chi connectivity index (χ1v) is 11.3. The zero-order chi connectivity index (χ0) is 21.8. The summed E-state index contributed by atoms with van der Waals surface area (Å²) in [5, 5.41) is 4.32. The molecule has 1 aromatic heterocycles. The number of aryl methyl sites for hydroxylation is 3. The molecule has 1 amide bonds. The molecule has 3 aromatic rings. The van der Waals surface area contributed by atoms with Gasteiger partial charge in [-0.15, -0.1) is 0 Å². The number of nitrogens with zero attached hydrogens (tertiary/aromatic N) is 4. The number of carbonyl (C=O) groups is 1. The molecule has 162 valence electrons. The maximum absolute atomic E-state index is 13.1. The molecule has 1 saturated heterocycles. The molecule has 31 heavy (non-hydrogen) atoms. The van der Waals surface area contributed by atoms with E-state index in [1.807, 2.05) is 15.6 Å². The Kier molecular flexibility index (Phi) is 6.52. The predicted octanol–water partition coefficient (Wildman–Crippen LogP) is 4.46. The Morgan fingerprint density at radius 3 is 2.45 bits per heavy atom. The van der Waals surface area contributed by atoms with E-state index in [0.717, 1.165) is 39.1 Å². The molecule has 5 nitrogen and oxygen atoms in total. The number of carbonyl (C=O) groups excluding carboxylic acids is 1. The molecule has 2 aromatic carbocycles. The first kappa shape index (κ1) is 21.3. The second-order valence-corrected chi connectivity index (χ2v) is 8.44. The molecule has 0 aliphatic carbocycles. The van der Waals surface area contributed by atoms with Gasteiger partial charge in [0.15, 0.2) is 0 Å². The van der Waals surface area contributed by atoms with Gasteiger partial charge in [-0.1, -0.05) is 61.0 Å². The number of rotatable bonds is 6. The first-order chi connectivity index (χ1) is 15.1. The van der Waals surface area contributed by atoms with Crippen molar-refractivity contribution in [1.82, 2.24) is 19.6 Å². The molecule has 1 aliphatic rings. The molecule has 1 unspecified atom stereocenters. The predicted molar refractivity (Wildman–Crippen MR) is 124 cm³/mol. The van der Waals surface area contributed by atoms with Crippen LogP contribution in [0.25, 0.3) is 0 Å². The van der Waals surface area contributed by atoms with Crippen LogP contribution in [0.2, 0.25) is 0 Å². The number of hydrogen-bond acceptors (Lipinski definition) is 3. The Morgan fingerprint density at radius 1 is 1.00 bits per heavy atom. The minimum atomic E-state index is 0.0913. The van der Waals surface area contributed by atoms with Crippen molar-refractivity contribution in [1.29, 1.82) is 0 Å². The van der Waals surface area contributed by atoms with Crippen LogP contribution in [0.4, 0.5) is 0 Å². The molecule has 1 fully saturated rings. The quantitative estimate of drug-likeness (QED) is 0.596. The lowest BCUT2D eigenvalue weighted by atomic mass is 9.92. The summed E-state index contributed by atoms with van der Waals surface area (Å²) >= 11 is 0. The smallest absolute Gasteiger partial charge is 0.272 e. The second kappa shape index (κ2) is 9.48. The molecule has 2 heterocycles. The van der Waals surface area contributed by atoms with Gasteiger partial charge in [0, 0.05) is 38.9 Å². The summed E-state index contributed by atoms with van der Waals surface area (Å²) in [6.07, 6.45) is 2.69. The fourth-order valence-corrected chi connectivity index (χ4v) is 4.53. The molecular weight excluding hydrogens is 384 g/mol. The van der Waals surface area contributed by atoms with Crippen LogP contribution in [0.3, 0.4) is 0 Å².